The largest absolute Gasteiger partial charge is 0.352 e. The highest BCUT2D eigenvalue weighted by Gasteiger charge is 2.64. The summed E-state index contributed by atoms with van der Waals surface area (Å²) in [6.07, 6.45) is 7.74. The molecule has 0 spiro atoms. The number of fused-ring (bicyclic) bond motifs is 2. The fourth-order valence-electron chi connectivity index (χ4n) is 4.61. The zero-order chi connectivity index (χ0) is 20.9. The molecule has 10 heteroatoms. The van der Waals surface area contributed by atoms with Crippen molar-refractivity contribution in [3.05, 3.63) is 24.7 Å². The van der Waals surface area contributed by atoms with Crippen molar-refractivity contribution in [3.8, 4) is 0 Å². The first-order chi connectivity index (χ1) is 14.4. The SMILES string of the molecule is CCCn1cc(Nc2nccc(N3CC4CCC(C3)N4C(=O)[C@@H]3CC3(F)F)n2)cn1. The van der Waals surface area contributed by atoms with Crippen LogP contribution in [-0.4, -0.2) is 61.7 Å². The van der Waals surface area contributed by atoms with Crippen LogP contribution in [0.15, 0.2) is 24.7 Å². The van der Waals surface area contributed by atoms with Crippen LogP contribution in [0.5, 0.6) is 0 Å². The van der Waals surface area contributed by atoms with Gasteiger partial charge in [0, 0.05) is 50.5 Å². The first-order valence-corrected chi connectivity index (χ1v) is 10.5. The molecular weight excluding hydrogens is 392 g/mol. The normalized spacial score (nSPS) is 26.7. The highest BCUT2D eigenvalue weighted by molar-refractivity contribution is 5.84. The molecule has 2 aromatic heterocycles. The number of carbonyl (C=O) groups is 1. The van der Waals surface area contributed by atoms with Crippen molar-refractivity contribution in [3.63, 3.8) is 0 Å². The molecule has 2 aromatic rings. The monoisotopic (exact) mass is 417 g/mol. The molecule has 8 nitrogen and oxygen atoms in total. The number of anilines is 3. The van der Waals surface area contributed by atoms with E-state index in [1.54, 1.807) is 17.3 Å². The second-order valence-corrected chi connectivity index (χ2v) is 8.41. The Labute approximate surface area is 173 Å². The van der Waals surface area contributed by atoms with Gasteiger partial charge in [-0.2, -0.15) is 10.1 Å². The molecule has 2 saturated heterocycles. The molecule has 30 heavy (non-hydrogen) atoms. The van der Waals surface area contributed by atoms with Gasteiger partial charge in [0.15, 0.2) is 0 Å². The van der Waals surface area contributed by atoms with Gasteiger partial charge in [-0.3, -0.25) is 9.48 Å². The third-order valence-corrected chi connectivity index (χ3v) is 6.17. The van der Waals surface area contributed by atoms with E-state index in [-0.39, 0.29) is 24.4 Å². The number of hydrogen-bond donors (Lipinski definition) is 1. The Morgan fingerprint density at radius 3 is 2.70 bits per heavy atom. The minimum absolute atomic E-state index is 0.0358. The molecule has 1 N–H and O–H groups in total. The first-order valence-electron chi connectivity index (χ1n) is 10.5. The Hall–Kier alpha value is -2.78. The molecule has 3 fully saturated rings. The smallest absolute Gasteiger partial charge is 0.260 e. The summed E-state index contributed by atoms with van der Waals surface area (Å²) in [5.41, 5.74) is 0.821. The van der Waals surface area contributed by atoms with Gasteiger partial charge < -0.3 is 15.1 Å². The van der Waals surface area contributed by atoms with Crippen molar-refractivity contribution in [2.75, 3.05) is 23.3 Å². The number of aryl methyl sites for hydroxylation is 1. The summed E-state index contributed by atoms with van der Waals surface area (Å²) in [7, 11) is 0. The molecule has 1 amide bonds. The summed E-state index contributed by atoms with van der Waals surface area (Å²) < 4.78 is 28.7. The van der Waals surface area contributed by atoms with Crippen molar-refractivity contribution in [1.29, 1.82) is 0 Å². The zero-order valence-corrected chi connectivity index (χ0v) is 16.8. The van der Waals surface area contributed by atoms with Crippen LogP contribution >= 0.6 is 0 Å². The number of nitrogens with one attached hydrogen (secondary N) is 1. The zero-order valence-electron chi connectivity index (χ0n) is 16.8. The topological polar surface area (TPSA) is 79.2 Å². The molecule has 5 rings (SSSR count). The van der Waals surface area contributed by atoms with Crippen molar-refractivity contribution in [1.82, 2.24) is 24.6 Å². The van der Waals surface area contributed by atoms with Gasteiger partial charge >= 0.3 is 0 Å². The molecule has 0 radical (unpaired) electrons. The highest BCUT2D eigenvalue weighted by atomic mass is 19.3. The second kappa shape index (κ2) is 7.17. The van der Waals surface area contributed by atoms with Crippen LogP contribution < -0.4 is 10.2 Å². The summed E-state index contributed by atoms with van der Waals surface area (Å²) in [5, 5.41) is 7.47. The van der Waals surface area contributed by atoms with Crippen LogP contribution in [0.25, 0.3) is 0 Å². The number of hydrogen-bond acceptors (Lipinski definition) is 6. The van der Waals surface area contributed by atoms with Gasteiger partial charge in [-0.15, -0.1) is 0 Å². The summed E-state index contributed by atoms with van der Waals surface area (Å²) in [6, 6.07) is 1.77. The molecule has 3 aliphatic rings. The lowest BCUT2D eigenvalue weighted by Gasteiger charge is -2.41. The van der Waals surface area contributed by atoms with Crippen LogP contribution in [0.4, 0.5) is 26.2 Å². The van der Waals surface area contributed by atoms with Crippen molar-refractivity contribution in [2.45, 2.75) is 57.2 Å². The quantitative estimate of drug-likeness (QED) is 0.779. The molecular formula is C20H25F2N7O. The number of nitrogens with zero attached hydrogens (tertiary/aromatic N) is 6. The summed E-state index contributed by atoms with van der Waals surface area (Å²) in [4.78, 5) is 25.3. The van der Waals surface area contributed by atoms with Gasteiger partial charge in [0.05, 0.1) is 11.9 Å². The van der Waals surface area contributed by atoms with E-state index >= 15 is 0 Å². The fourth-order valence-corrected chi connectivity index (χ4v) is 4.61. The number of aromatic nitrogens is 4. The molecule has 160 valence electrons. The van der Waals surface area contributed by atoms with Gasteiger partial charge in [0.1, 0.15) is 11.7 Å². The molecule has 2 aliphatic heterocycles. The number of piperazine rings is 1. The standard InChI is InChI=1S/C20H25F2N7O/c1-2-7-28-10-13(9-24-28)25-19-23-6-5-17(26-19)27-11-14-3-4-15(12-27)29(14)18(30)16-8-20(16,21)22/h5-6,9-10,14-16H,2-4,7-8,11-12H2,1H3,(H,23,25,26)/t14?,15?,16-/m0/s1. The maximum Gasteiger partial charge on any atom is 0.260 e. The Morgan fingerprint density at radius 1 is 1.30 bits per heavy atom. The van der Waals surface area contributed by atoms with E-state index in [9.17, 15) is 13.6 Å². The number of carbonyl (C=O) groups excluding carboxylic acids is 1. The van der Waals surface area contributed by atoms with Crippen LogP contribution in [-0.2, 0) is 11.3 Å². The first kappa shape index (κ1) is 19.2. The average Bonchev–Trinajstić information content (AvgIpc) is 3.01. The molecule has 4 heterocycles. The molecule has 1 saturated carbocycles. The van der Waals surface area contributed by atoms with Crippen molar-refractivity contribution in [2.24, 2.45) is 5.92 Å². The minimum atomic E-state index is -2.81. The lowest BCUT2D eigenvalue weighted by atomic mass is 10.1. The fraction of sp³-hybridized carbons (Fsp3) is 0.600. The predicted molar refractivity (Wildman–Crippen MR) is 107 cm³/mol. The average molecular weight is 417 g/mol. The maximum absolute atomic E-state index is 13.4. The predicted octanol–water partition coefficient (Wildman–Crippen LogP) is 2.66. The van der Waals surface area contributed by atoms with Crippen molar-refractivity contribution < 1.29 is 13.6 Å². The summed E-state index contributed by atoms with van der Waals surface area (Å²) in [6.45, 7) is 4.15. The van der Waals surface area contributed by atoms with Crippen LogP contribution in [0, 0.1) is 5.92 Å². The molecule has 2 unspecified atom stereocenters. The van der Waals surface area contributed by atoms with E-state index in [4.69, 9.17) is 0 Å². The van der Waals surface area contributed by atoms with Gasteiger partial charge in [-0.25, -0.2) is 13.8 Å². The van der Waals surface area contributed by atoms with E-state index in [2.05, 4.69) is 32.2 Å². The third-order valence-electron chi connectivity index (χ3n) is 6.17. The van der Waals surface area contributed by atoms with E-state index in [1.165, 1.54) is 0 Å². The van der Waals surface area contributed by atoms with Gasteiger partial charge in [-0.05, 0) is 25.3 Å². The Morgan fingerprint density at radius 2 is 2.03 bits per heavy atom. The molecule has 3 atom stereocenters. The summed E-state index contributed by atoms with van der Waals surface area (Å²) >= 11 is 0. The molecule has 2 bridgehead atoms. The number of amides is 1. The van der Waals surface area contributed by atoms with E-state index in [0.717, 1.165) is 37.3 Å². The second-order valence-electron chi connectivity index (χ2n) is 8.41. The lowest BCUT2D eigenvalue weighted by molar-refractivity contribution is -0.138. The van der Waals surface area contributed by atoms with Gasteiger partial charge in [0.2, 0.25) is 11.9 Å². The van der Waals surface area contributed by atoms with Crippen molar-refractivity contribution >= 4 is 23.4 Å². The van der Waals surface area contributed by atoms with Crippen LogP contribution in [0.1, 0.15) is 32.6 Å². The maximum atomic E-state index is 13.4. The van der Waals surface area contributed by atoms with E-state index in [0.29, 0.717) is 19.0 Å². The third kappa shape index (κ3) is 3.48. The van der Waals surface area contributed by atoms with E-state index < -0.39 is 11.8 Å². The number of halogens is 2. The Kier molecular flexibility index (Phi) is 4.59. The molecule has 1 aliphatic carbocycles. The molecule has 0 aromatic carbocycles. The lowest BCUT2D eigenvalue weighted by Crippen LogP contribution is -2.56. The highest BCUT2D eigenvalue weighted by Crippen LogP contribution is 2.51. The number of alkyl halides is 2. The van der Waals surface area contributed by atoms with Gasteiger partial charge in [0.25, 0.3) is 5.92 Å². The van der Waals surface area contributed by atoms with E-state index in [1.807, 2.05) is 16.9 Å². The van der Waals surface area contributed by atoms with Crippen LogP contribution in [0.2, 0.25) is 0 Å². The number of rotatable bonds is 6. The Balaban J connectivity index is 1.27. The van der Waals surface area contributed by atoms with Crippen LogP contribution in [0.3, 0.4) is 0 Å². The minimum Gasteiger partial charge on any atom is -0.352 e. The summed E-state index contributed by atoms with van der Waals surface area (Å²) in [5.74, 6) is -3.05. The Bertz CT molecular complexity index is 935. The van der Waals surface area contributed by atoms with Gasteiger partial charge in [-0.1, -0.05) is 6.92 Å².